The first-order valence-electron chi connectivity index (χ1n) is 6.42. The molecule has 0 unspecified atom stereocenters. The van der Waals surface area contributed by atoms with Crippen LogP contribution in [0.5, 0.6) is 5.75 Å². The van der Waals surface area contributed by atoms with Gasteiger partial charge >= 0.3 is 0 Å². The van der Waals surface area contributed by atoms with Crippen LogP contribution < -0.4 is 15.4 Å². The van der Waals surface area contributed by atoms with Crippen LogP contribution in [0.4, 0.5) is 5.69 Å². The van der Waals surface area contributed by atoms with Crippen molar-refractivity contribution < 1.29 is 9.53 Å². The Morgan fingerprint density at radius 2 is 1.70 bits per heavy atom. The molecule has 0 aliphatic carbocycles. The minimum atomic E-state index is -0.131. The van der Waals surface area contributed by atoms with Gasteiger partial charge in [-0.15, -0.1) is 0 Å². The zero-order chi connectivity index (χ0) is 14.4. The van der Waals surface area contributed by atoms with E-state index >= 15 is 0 Å². The zero-order valence-corrected chi connectivity index (χ0v) is 11.6. The molecule has 0 spiro atoms. The average Bonchev–Trinajstić information content (AvgIpc) is 2.49. The molecule has 2 N–H and O–H groups in total. The van der Waals surface area contributed by atoms with Crippen molar-refractivity contribution in [3.63, 3.8) is 0 Å². The fraction of sp³-hybridized carbons (Fsp3) is 0.188. The van der Waals surface area contributed by atoms with Crippen molar-refractivity contribution in [2.75, 3.05) is 19.5 Å². The summed E-state index contributed by atoms with van der Waals surface area (Å²) in [4.78, 5) is 12.1. The molecule has 0 saturated carbocycles. The predicted octanol–water partition coefficient (Wildman–Crippen LogP) is 2.67. The van der Waals surface area contributed by atoms with Crippen LogP contribution in [0.1, 0.15) is 15.9 Å². The summed E-state index contributed by atoms with van der Waals surface area (Å²) >= 11 is 0. The van der Waals surface area contributed by atoms with Gasteiger partial charge in [-0.1, -0.05) is 12.1 Å². The van der Waals surface area contributed by atoms with Crippen molar-refractivity contribution in [2.24, 2.45) is 0 Å². The topological polar surface area (TPSA) is 50.4 Å². The van der Waals surface area contributed by atoms with E-state index in [4.69, 9.17) is 4.74 Å². The van der Waals surface area contributed by atoms with E-state index in [-0.39, 0.29) is 5.91 Å². The van der Waals surface area contributed by atoms with Gasteiger partial charge < -0.3 is 15.4 Å². The molecule has 20 heavy (non-hydrogen) atoms. The number of carbonyl (C=O) groups excluding carboxylic acids is 1. The molecule has 0 heterocycles. The lowest BCUT2D eigenvalue weighted by molar-refractivity contribution is 0.102. The third-order valence-corrected chi connectivity index (χ3v) is 2.94. The van der Waals surface area contributed by atoms with E-state index in [1.807, 2.05) is 31.3 Å². The molecule has 0 radical (unpaired) electrons. The molecule has 0 aliphatic rings. The largest absolute Gasteiger partial charge is 0.497 e. The Balaban J connectivity index is 2.02. The van der Waals surface area contributed by atoms with Gasteiger partial charge in [0, 0.05) is 17.8 Å². The number of benzene rings is 2. The molecule has 4 heteroatoms. The third-order valence-electron chi connectivity index (χ3n) is 2.94. The molecule has 0 bridgehead atoms. The highest BCUT2D eigenvalue weighted by atomic mass is 16.5. The fourth-order valence-corrected chi connectivity index (χ4v) is 1.86. The van der Waals surface area contributed by atoms with Crippen LogP contribution in [-0.4, -0.2) is 20.1 Å². The van der Waals surface area contributed by atoms with Crippen molar-refractivity contribution in [1.29, 1.82) is 0 Å². The molecule has 2 aromatic rings. The number of hydrogen-bond donors (Lipinski definition) is 2. The second kappa shape index (κ2) is 6.73. The molecular weight excluding hydrogens is 252 g/mol. The SMILES string of the molecule is CNCc1ccc(NC(=O)c2ccc(OC)cc2)cc1. The summed E-state index contributed by atoms with van der Waals surface area (Å²) in [6.07, 6.45) is 0. The van der Waals surface area contributed by atoms with E-state index in [1.165, 1.54) is 5.56 Å². The van der Waals surface area contributed by atoms with Gasteiger partial charge in [0.2, 0.25) is 0 Å². The van der Waals surface area contributed by atoms with Crippen LogP contribution in [0, 0.1) is 0 Å². The van der Waals surface area contributed by atoms with Crippen molar-refractivity contribution in [2.45, 2.75) is 6.54 Å². The predicted molar refractivity (Wildman–Crippen MR) is 80.2 cm³/mol. The van der Waals surface area contributed by atoms with Gasteiger partial charge in [-0.05, 0) is 49.0 Å². The maximum atomic E-state index is 12.1. The number of ether oxygens (including phenoxy) is 1. The lowest BCUT2D eigenvalue weighted by Gasteiger charge is -2.07. The highest BCUT2D eigenvalue weighted by Gasteiger charge is 2.06. The second-order valence-electron chi connectivity index (χ2n) is 4.41. The van der Waals surface area contributed by atoms with Crippen LogP contribution in [0.15, 0.2) is 48.5 Å². The Kier molecular flexibility index (Phi) is 4.74. The van der Waals surface area contributed by atoms with E-state index in [2.05, 4.69) is 10.6 Å². The lowest BCUT2D eigenvalue weighted by Crippen LogP contribution is -2.12. The number of nitrogens with one attached hydrogen (secondary N) is 2. The summed E-state index contributed by atoms with van der Waals surface area (Å²) in [6.45, 7) is 0.812. The second-order valence-corrected chi connectivity index (χ2v) is 4.41. The van der Waals surface area contributed by atoms with E-state index in [0.29, 0.717) is 5.56 Å². The minimum Gasteiger partial charge on any atom is -0.497 e. The van der Waals surface area contributed by atoms with Crippen LogP contribution in [0.3, 0.4) is 0 Å². The van der Waals surface area contributed by atoms with Gasteiger partial charge in [-0.3, -0.25) is 4.79 Å². The summed E-state index contributed by atoms with van der Waals surface area (Å²) < 4.78 is 5.07. The number of rotatable bonds is 5. The van der Waals surface area contributed by atoms with Crippen molar-refractivity contribution in [1.82, 2.24) is 5.32 Å². The summed E-state index contributed by atoms with van der Waals surface area (Å²) in [6, 6.07) is 14.8. The molecule has 2 aromatic carbocycles. The van der Waals surface area contributed by atoms with Gasteiger partial charge in [-0.2, -0.15) is 0 Å². The van der Waals surface area contributed by atoms with Crippen LogP contribution in [-0.2, 0) is 6.54 Å². The van der Waals surface area contributed by atoms with Gasteiger partial charge in [0.05, 0.1) is 7.11 Å². The Morgan fingerprint density at radius 3 is 2.25 bits per heavy atom. The molecule has 0 aromatic heterocycles. The molecule has 1 amide bonds. The molecule has 2 rings (SSSR count). The third kappa shape index (κ3) is 3.59. The zero-order valence-electron chi connectivity index (χ0n) is 11.6. The Morgan fingerprint density at radius 1 is 1.05 bits per heavy atom. The van der Waals surface area contributed by atoms with E-state index in [1.54, 1.807) is 31.4 Å². The summed E-state index contributed by atoms with van der Waals surface area (Å²) in [5, 5.41) is 5.95. The molecular formula is C16H18N2O2. The van der Waals surface area contributed by atoms with E-state index < -0.39 is 0 Å². The maximum absolute atomic E-state index is 12.1. The van der Waals surface area contributed by atoms with E-state index in [9.17, 15) is 4.79 Å². The smallest absolute Gasteiger partial charge is 0.255 e. The average molecular weight is 270 g/mol. The molecule has 0 saturated heterocycles. The molecule has 4 nitrogen and oxygen atoms in total. The number of methoxy groups -OCH3 is 1. The number of amides is 1. The van der Waals surface area contributed by atoms with Gasteiger partial charge in [0.1, 0.15) is 5.75 Å². The molecule has 0 atom stereocenters. The number of hydrogen-bond acceptors (Lipinski definition) is 3. The minimum absolute atomic E-state index is 0.131. The van der Waals surface area contributed by atoms with Crippen LogP contribution in [0.2, 0.25) is 0 Å². The van der Waals surface area contributed by atoms with Crippen LogP contribution in [0.25, 0.3) is 0 Å². The molecule has 0 aliphatic heterocycles. The number of carbonyl (C=O) groups is 1. The number of anilines is 1. The summed E-state index contributed by atoms with van der Waals surface area (Å²) in [7, 11) is 3.50. The standard InChI is InChI=1S/C16H18N2O2/c1-17-11-12-3-7-14(8-4-12)18-16(19)13-5-9-15(20-2)10-6-13/h3-10,17H,11H2,1-2H3,(H,18,19). The maximum Gasteiger partial charge on any atom is 0.255 e. The first kappa shape index (κ1) is 14.1. The highest BCUT2D eigenvalue weighted by Crippen LogP contribution is 2.14. The highest BCUT2D eigenvalue weighted by molar-refractivity contribution is 6.04. The Hall–Kier alpha value is -2.33. The summed E-state index contributed by atoms with van der Waals surface area (Å²) in [5.74, 6) is 0.604. The Labute approximate surface area is 118 Å². The Bertz CT molecular complexity index is 562. The fourth-order valence-electron chi connectivity index (χ4n) is 1.86. The summed E-state index contributed by atoms with van der Waals surface area (Å²) in [5.41, 5.74) is 2.56. The monoisotopic (exact) mass is 270 g/mol. The van der Waals surface area contributed by atoms with Gasteiger partial charge in [0.25, 0.3) is 5.91 Å². The molecule has 104 valence electrons. The molecule has 0 fully saturated rings. The van der Waals surface area contributed by atoms with Gasteiger partial charge in [0.15, 0.2) is 0 Å². The van der Waals surface area contributed by atoms with E-state index in [0.717, 1.165) is 18.0 Å². The van der Waals surface area contributed by atoms with Gasteiger partial charge in [-0.25, -0.2) is 0 Å². The lowest BCUT2D eigenvalue weighted by atomic mass is 10.1. The normalized spacial score (nSPS) is 10.1. The van der Waals surface area contributed by atoms with Crippen molar-refractivity contribution in [3.8, 4) is 5.75 Å². The quantitative estimate of drug-likeness (QED) is 0.878. The first-order chi connectivity index (χ1) is 9.72. The van der Waals surface area contributed by atoms with Crippen LogP contribution >= 0.6 is 0 Å². The van der Waals surface area contributed by atoms with Crippen molar-refractivity contribution >= 4 is 11.6 Å². The first-order valence-corrected chi connectivity index (χ1v) is 6.42. The van der Waals surface area contributed by atoms with Crippen molar-refractivity contribution in [3.05, 3.63) is 59.7 Å².